The van der Waals surface area contributed by atoms with Gasteiger partial charge in [0.1, 0.15) is 16.5 Å². The molecule has 112 valence electrons. The Bertz CT molecular complexity index is 700. The predicted molar refractivity (Wildman–Crippen MR) is 78.5 cm³/mol. The quantitative estimate of drug-likeness (QED) is 0.880. The van der Waals surface area contributed by atoms with Gasteiger partial charge in [-0.25, -0.2) is 22.5 Å². The van der Waals surface area contributed by atoms with Crippen molar-refractivity contribution in [3.63, 3.8) is 0 Å². The fourth-order valence-electron chi connectivity index (χ4n) is 1.90. The van der Waals surface area contributed by atoms with E-state index in [9.17, 15) is 12.8 Å². The Morgan fingerprint density at radius 1 is 1.24 bits per heavy atom. The maximum Gasteiger partial charge on any atom is 0.242 e. The number of rotatable bonds is 5. The van der Waals surface area contributed by atoms with Crippen LogP contribution in [0.3, 0.4) is 0 Å². The van der Waals surface area contributed by atoms with Crippen molar-refractivity contribution < 1.29 is 12.8 Å². The second-order valence-electron chi connectivity index (χ2n) is 4.77. The summed E-state index contributed by atoms with van der Waals surface area (Å²) >= 11 is 0. The van der Waals surface area contributed by atoms with E-state index in [0.29, 0.717) is 6.42 Å². The number of pyridine rings is 1. The van der Waals surface area contributed by atoms with E-state index in [1.54, 1.807) is 19.1 Å². The molecule has 5 nitrogen and oxygen atoms in total. The van der Waals surface area contributed by atoms with Gasteiger partial charge in [-0.15, -0.1) is 0 Å². The molecule has 0 fully saturated rings. The SMILES string of the molecule is CC(Cc1ccc(F)cc1)NS(=O)(=O)c1ccc(N)nc1. The van der Waals surface area contributed by atoms with E-state index in [2.05, 4.69) is 9.71 Å². The molecule has 0 saturated heterocycles. The fourth-order valence-corrected chi connectivity index (χ4v) is 3.09. The van der Waals surface area contributed by atoms with Crippen LogP contribution in [0, 0.1) is 5.82 Å². The molecular formula is C14H16FN3O2S. The van der Waals surface area contributed by atoms with Crippen LogP contribution in [0.15, 0.2) is 47.5 Å². The smallest absolute Gasteiger partial charge is 0.242 e. The first kappa shape index (κ1) is 15.4. The van der Waals surface area contributed by atoms with Crippen molar-refractivity contribution in [1.82, 2.24) is 9.71 Å². The summed E-state index contributed by atoms with van der Waals surface area (Å²) in [5.41, 5.74) is 6.28. The third kappa shape index (κ3) is 4.24. The van der Waals surface area contributed by atoms with Crippen molar-refractivity contribution in [3.8, 4) is 0 Å². The van der Waals surface area contributed by atoms with Crippen LogP contribution in [-0.2, 0) is 16.4 Å². The van der Waals surface area contributed by atoms with E-state index >= 15 is 0 Å². The van der Waals surface area contributed by atoms with Crippen molar-refractivity contribution >= 4 is 15.8 Å². The van der Waals surface area contributed by atoms with Crippen molar-refractivity contribution in [2.24, 2.45) is 0 Å². The van der Waals surface area contributed by atoms with Gasteiger partial charge in [0, 0.05) is 12.2 Å². The lowest BCUT2D eigenvalue weighted by Crippen LogP contribution is -2.34. The number of nitrogens with zero attached hydrogens (tertiary/aromatic N) is 1. The Morgan fingerprint density at radius 2 is 1.90 bits per heavy atom. The summed E-state index contributed by atoms with van der Waals surface area (Å²) in [7, 11) is -3.65. The summed E-state index contributed by atoms with van der Waals surface area (Å²) in [4.78, 5) is 3.82. The second kappa shape index (κ2) is 6.19. The van der Waals surface area contributed by atoms with Gasteiger partial charge in [-0.2, -0.15) is 0 Å². The summed E-state index contributed by atoms with van der Waals surface area (Å²) < 4.78 is 39.7. The average Bonchev–Trinajstić information content (AvgIpc) is 2.41. The summed E-state index contributed by atoms with van der Waals surface area (Å²) in [6.45, 7) is 1.74. The highest BCUT2D eigenvalue weighted by Crippen LogP contribution is 2.11. The van der Waals surface area contributed by atoms with E-state index in [1.165, 1.54) is 30.5 Å². The number of anilines is 1. The number of nitrogens with two attached hydrogens (primary N) is 1. The lowest BCUT2D eigenvalue weighted by atomic mass is 10.1. The summed E-state index contributed by atoms with van der Waals surface area (Å²) in [5.74, 6) is -0.0618. The normalized spacial score (nSPS) is 13.0. The molecule has 0 bridgehead atoms. The van der Waals surface area contributed by atoms with Crippen molar-refractivity contribution in [1.29, 1.82) is 0 Å². The van der Waals surface area contributed by atoms with Gasteiger partial charge in [-0.3, -0.25) is 0 Å². The molecule has 7 heteroatoms. The van der Waals surface area contributed by atoms with Gasteiger partial charge in [-0.1, -0.05) is 12.1 Å². The molecule has 0 aliphatic heterocycles. The van der Waals surface area contributed by atoms with E-state index in [1.807, 2.05) is 0 Å². The highest BCUT2D eigenvalue weighted by molar-refractivity contribution is 7.89. The second-order valence-corrected chi connectivity index (χ2v) is 6.49. The minimum atomic E-state index is -3.65. The number of aromatic nitrogens is 1. The maximum atomic E-state index is 12.8. The first-order valence-electron chi connectivity index (χ1n) is 6.35. The number of benzene rings is 1. The molecule has 1 unspecified atom stereocenters. The molecule has 0 radical (unpaired) electrons. The van der Waals surface area contributed by atoms with Crippen LogP contribution in [0.25, 0.3) is 0 Å². The van der Waals surface area contributed by atoms with Crippen LogP contribution < -0.4 is 10.5 Å². The van der Waals surface area contributed by atoms with Gasteiger partial charge >= 0.3 is 0 Å². The number of nitrogen functional groups attached to an aromatic ring is 1. The molecule has 2 rings (SSSR count). The zero-order valence-corrected chi connectivity index (χ0v) is 12.3. The van der Waals surface area contributed by atoms with Crippen molar-refractivity contribution in [3.05, 3.63) is 54.0 Å². The summed E-state index contributed by atoms with van der Waals surface area (Å²) in [6, 6.07) is 8.45. The number of sulfonamides is 1. The number of nitrogens with one attached hydrogen (secondary N) is 1. The molecule has 21 heavy (non-hydrogen) atoms. The molecule has 0 saturated carbocycles. The maximum absolute atomic E-state index is 12.8. The fraction of sp³-hybridized carbons (Fsp3) is 0.214. The average molecular weight is 309 g/mol. The first-order valence-corrected chi connectivity index (χ1v) is 7.83. The van der Waals surface area contributed by atoms with E-state index in [-0.39, 0.29) is 22.6 Å². The molecule has 0 spiro atoms. The topological polar surface area (TPSA) is 85.1 Å². The summed E-state index contributed by atoms with van der Waals surface area (Å²) in [5, 5.41) is 0. The number of hydrogen-bond donors (Lipinski definition) is 2. The Balaban J connectivity index is 2.05. The van der Waals surface area contributed by atoms with Gasteiger partial charge < -0.3 is 5.73 Å². The molecule has 0 aliphatic rings. The van der Waals surface area contributed by atoms with Crippen LogP contribution in [0.1, 0.15) is 12.5 Å². The van der Waals surface area contributed by atoms with Gasteiger partial charge in [-0.05, 0) is 43.2 Å². The van der Waals surface area contributed by atoms with Crippen LogP contribution in [0.4, 0.5) is 10.2 Å². The molecule has 0 amide bonds. The molecule has 0 aliphatic carbocycles. The van der Waals surface area contributed by atoms with Crippen LogP contribution in [0.5, 0.6) is 0 Å². The minimum absolute atomic E-state index is 0.0580. The lowest BCUT2D eigenvalue weighted by molar-refractivity contribution is 0.559. The Hall–Kier alpha value is -1.99. The van der Waals surface area contributed by atoms with Crippen molar-refractivity contribution in [2.45, 2.75) is 24.3 Å². The highest BCUT2D eigenvalue weighted by Gasteiger charge is 2.17. The van der Waals surface area contributed by atoms with Crippen LogP contribution in [-0.4, -0.2) is 19.4 Å². The molecule has 1 heterocycles. The molecule has 1 aromatic heterocycles. The Kier molecular flexibility index (Phi) is 4.54. The number of halogens is 1. The standard InChI is InChI=1S/C14H16FN3O2S/c1-10(8-11-2-4-12(15)5-3-11)18-21(19,20)13-6-7-14(16)17-9-13/h2-7,9-10,18H,8H2,1H3,(H2,16,17). The lowest BCUT2D eigenvalue weighted by Gasteiger charge is -2.14. The highest BCUT2D eigenvalue weighted by atomic mass is 32.2. The first-order chi connectivity index (χ1) is 9.87. The van der Waals surface area contributed by atoms with Crippen molar-refractivity contribution in [2.75, 3.05) is 5.73 Å². The Labute approximate surface area is 123 Å². The van der Waals surface area contributed by atoms with Gasteiger partial charge in [0.05, 0.1) is 0 Å². The van der Waals surface area contributed by atoms with Crippen LogP contribution >= 0.6 is 0 Å². The predicted octanol–water partition coefficient (Wildman–Crippen LogP) is 1.71. The Morgan fingerprint density at radius 3 is 2.48 bits per heavy atom. The van der Waals surface area contributed by atoms with E-state index < -0.39 is 10.0 Å². The zero-order valence-electron chi connectivity index (χ0n) is 11.5. The van der Waals surface area contributed by atoms with Gasteiger partial charge in [0.15, 0.2) is 0 Å². The van der Waals surface area contributed by atoms with Crippen LogP contribution in [0.2, 0.25) is 0 Å². The van der Waals surface area contributed by atoms with Gasteiger partial charge in [0.2, 0.25) is 10.0 Å². The molecule has 1 atom stereocenters. The molecule has 3 N–H and O–H groups in total. The third-order valence-corrected chi connectivity index (χ3v) is 4.46. The largest absolute Gasteiger partial charge is 0.384 e. The van der Waals surface area contributed by atoms with E-state index in [0.717, 1.165) is 5.56 Å². The van der Waals surface area contributed by atoms with Gasteiger partial charge in [0.25, 0.3) is 0 Å². The molecular weight excluding hydrogens is 293 g/mol. The number of hydrogen-bond acceptors (Lipinski definition) is 4. The molecule has 2 aromatic rings. The zero-order chi connectivity index (χ0) is 15.5. The minimum Gasteiger partial charge on any atom is -0.384 e. The third-order valence-electron chi connectivity index (χ3n) is 2.88. The monoisotopic (exact) mass is 309 g/mol. The summed E-state index contributed by atoms with van der Waals surface area (Å²) in [6.07, 6.45) is 1.67. The molecule has 1 aromatic carbocycles. The van der Waals surface area contributed by atoms with E-state index in [4.69, 9.17) is 5.73 Å².